The van der Waals surface area contributed by atoms with Gasteiger partial charge in [0.2, 0.25) is 0 Å². The zero-order valence-electron chi connectivity index (χ0n) is 19.6. The molecule has 0 spiro atoms. The molecule has 0 bridgehead atoms. The smallest absolute Gasteiger partial charge is 0.423 e. The van der Waals surface area contributed by atoms with Crippen molar-refractivity contribution in [2.45, 2.75) is 45.6 Å². The van der Waals surface area contributed by atoms with Crippen molar-refractivity contribution >= 4 is 35.2 Å². The number of H-pyrrole nitrogens is 1. The second-order valence-electron chi connectivity index (χ2n) is 9.07. The summed E-state index contributed by atoms with van der Waals surface area (Å²) in [6, 6.07) is 12.7. The second-order valence-corrected chi connectivity index (χ2v) is 9.07. The molecule has 2 aromatic heterocycles. The number of para-hydroxylation sites is 1. The van der Waals surface area contributed by atoms with E-state index in [4.69, 9.17) is 15.7 Å². The number of carbonyl (C=O) groups is 1. The molecule has 2 aromatic carbocycles. The third-order valence-corrected chi connectivity index (χ3v) is 6.65. The van der Waals surface area contributed by atoms with Crippen LogP contribution in [0.25, 0.3) is 22.3 Å². The Morgan fingerprint density at radius 2 is 1.91 bits per heavy atom. The molecular weight excluding hydrogens is 441 g/mol. The quantitative estimate of drug-likeness (QED) is 0.218. The molecule has 0 saturated heterocycles. The number of carbonyl (C=O) groups excluding carboxylic acids is 1. The fraction of sp³-hybridized carbons (Fsp3) is 0.269. The molecule has 4 aromatic rings. The lowest BCUT2D eigenvalue weighted by Crippen LogP contribution is -2.30. The molecule has 0 saturated carbocycles. The van der Waals surface area contributed by atoms with E-state index in [1.54, 1.807) is 18.2 Å². The molecule has 1 aliphatic carbocycles. The van der Waals surface area contributed by atoms with Crippen molar-refractivity contribution in [1.29, 1.82) is 0 Å². The van der Waals surface area contributed by atoms with Crippen LogP contribution in [0.4, 0.5) is 5.82 Å². The summed E-state index contributed by atoms with van der Waals surface area (Å²) in [5.74, 6) is 0.920. The molecule has 0 unspecified atom stereocenters. The first-order valence-electron chi connectivity index (χ1n) is 11.9. The van der Waals surface area contributed by atoms with Crippen molar-refractivity contribution < 1.29 is 14.8 Å². The Morgan fingerprint density at radius 3 is 2.71 bits per heavy atom. The number of nitrogens with two attached hydrogens (primary N) is 1. The molecule has 5 rings (SSSR count). The lowest BCUT2D eigenvalue weighted by atomic mass is 9.79. The van der Waals surface area contributed by atoms with Gasteiger partial charge in [-0.15, -0.1) is 0 Å². The van der Waals surface area contributed by atoms with Crippen LogP contribution in [0, 0.1) is 6.92 Å². The topological polar surface area (TPSA) is 137 Å². The van der Waals surface area contributed by atoms with E-state index in [1.165, 1.54) is 0 Å². The van der Waals surface area contributed by atoms with Gasteiger partial charge < -0.3 is 26.1 Å². The second kappa shape index (κ2) is 9.52. The van der Waals surface area contributed by atoms with Gasteiger partial charge in [0.05, 0.1) is 11.1 Å². The van der Waals surface area contributed by atoms with Crippen molar-refractivity contribution in [3.05, 3.63) is 70.5 Å². The maximum absolute atomic E-state index is 12.0. The molecule has 0 radical (unpaired) electrons. The lowest BCUT2D eigenvalue weighted by molar-refractivity contribution is 0.100. The largest absolute Gasteiger partial charge is 0.488 e. The fourth-order valence-corrected chi connectivity index (χ4v) is 4.92. The molecular formula is C26H28BN5O3. The van der Waals surface area contributed by atoms with Gasteiger partial charge >= 0.3 is 7.12 Å². The molecule has 0 fully saturated rings. The molecule has 178 valence electrons. The van der Waals surface area contributed by atoms with E-state index in [9.17, 15) is 14.8 Å². The Hall–Kier alpha value is -3.69. The first-order chi connectivity index (χ1) is 16.9. The predicted octanol–water partition coefficient (Wildman–Crippen LogP) is 2.59. The number of benzene rings is 2. The number of aromatic amines is 1. The average Bonchev–Trinajstić information content (AvgIpc) is 3.00. The van der Waals surface area contributed by atoms with Gasteiger partial charge in [0.25, 0.3) is 5.91 Å². The minimum atomic E-state index is -1.51. The summed E-state index contributed by atoms with van der Waals surface area (Å²) in [5, 5.41) is 23.4. The number of primary amides is 1. The normalized spacial score (nSPS) is 13.3. The molecule has 1 aliphatic rings. The van der Waals surface area contributed by atoms with E-state index < -0.39 is 13.0 Å². The van der Waals surface area contributed by atoms with Gasteiger partial charge in [-0.25, -0.2) is 9.97 Å². The number of aromatic nitrogens is 3. The number of hydrogen-bond donors (Lipinski definition) is 5. The number of aryl methyl sites for hydroxylation is 2. The van der Waals surface area contributed by atoms with E-state index in [1.807, 2.05) is 31.2 Å². The summed E-state index contributed by atoms with van der Waals surface area (Å²) in [7, 11) is -1.51. The van der Waals surface area contributed by atoms with Crippen molar-refractivity contribution in [2.75, 3.05) is 5.32 Å². The summed E-state index contributed by atoms with van der Waals surface area (Å²) < 4.78 is 0. The lowest BCUT2D eigenvalue weighted by Gasteiger charge is -2.16. The molecule has 0 aliphatic heterocycles. The Bertz CT molecular complexity index is 1420. The van der Waals surface area contributed by atoms with E-state index in [2.05, 4.69) is 10.3 Å². The SMILES string of the molecule is Cc1[nH]c2c(C(N)=O)cccc2c1-c1nc2c(c(NCc3cccc(B(O)O)c3)n1)CCCCC2. The highest BCUT2D eigenvalue weighted by molar-refractivity contribution is 6.58. The summed E-state index contributed by atoms with van der Waals surface area (Å²) in [6.45, 7) is 2.44. The Kier molecular flexibility index (Phi) is 6.28. The summed E-state index contributed by atoms with van der Waals surface area (Å²) in [6.07, 6.45) is 5.12. The minimum Gasteiger partial charge on any atom is -0.423 e. The van der Waals surface area contributed by atoms with Crippen LogP contribution >= 0.6 is 0 Å². The van der Waals surface area contributed by atoms with Gasteiger partial charge in [-0.05, 0) is 49.7 Å². The van der Waals surface area contributed by atoms with Crippen molar-refractivity contribution in [3.8, 4) is 11.4 Å². The maximum atomic E-state index is 12.0. The van der Waals surface area contributed by atoms with Crippen LogP contribution in [0.2, 0.25) is 0 Å². The van der Waals surface area contributed by atoms with Gasteiger partial charge in [-0.3, -0.25) is 4.79 Å². The zero-order valence-corrected chi connectivity index (χ0v) is 19.6. The fourth-order valence-electron chi connectivity index (χ4n) is 4.92. The van der Waals surface area contributed by atoms with Crippen molar-refractivity contribution in [1.82, 2.24) is 15.0 Å². The molecule has 9 heteroatoms. The van der Waals surface area contributed by atoms with Crippen molar-refractivity contribution in [2.24, 2.45) is 5.73 Å². The number of anilines is 1. The van der Waals surface area contributed by atoms with Crippen molar-refractivity contribution in [3.63, 3.8) is 0 Å². The maximum Gasteiger partial charge on any atom is 0.488 e. The third-order valence-electron chi connectivity index (χ3n) is 6.65. The van der Waals surface area contributed by atoms with Crippen LogP contribution in [0.3, 0.4) is 0 Å². The van der Waals surface area contributed by atoms with E-state index in [0.717, 1.165) is 71.4 Å². The molecule has 6 N–H and O–H groups in total. The van der Waals surface area contributed by atoms with Gasteiger partial charge in [0.15, 0.2) is 5.82 Å². The highest BCUT2D eigenvalue weighted by Gasteiger charge is 2.22. The van der Waals surface area contributed by atoms with Crippen LogP contribution in [0.1, 0.15) is 52.1 Å². The van der Waals surface area contributed by atoms with Crippen LogP contribution in [-0.2, 0) is 19.4 Å². The van der Waals surface area contributed by atoms with Crippen LogP contribution in [0.5, 0.6) is 0 Å². The monoisotopic (exact) mass is 469 g/mol. The molecule has 2 heterocycles. The van der Waals surface area contributed by atoms with Gasteiger partial charge in [0, 0.05) is 34.4 Å². The summed E-state index contributed by atoms with van der Waals surface area (Å²) in [4.78, 5) is 25.3. The van der Waals surface area contributed by atoms with Gasteiger partial charge in [0.1, 0.15) is 5.82 Å². The first kappa shape index (κ1) is 23.1. The number of hydrogen-bond acceptors (Lipinski definition) is 6. The first-order valence-corrected chi connectivity index (χ1v) is 11.9. The minimum absolute atomic E-state index is 0.441. The standard InChI is InChI=1S/C26H28BN5O3/c1-15-22(19-10-6-11-20(24(28)33)23(19)30-15)26-31-21-12-4-2-3-9-18(21)25(32-26)29-14-16-7-5-8-17(13-16)27(34)35/h5-8,10-11,13,30,34-35H,2-4,9,12,14H2,1H3,(H2,28,33)(H,29,31,32). The average molecular weight is 469 g/mol. The van der Waals surface area contributed by atoms with Crippen LogP contribution < -0.4 is 16.5 Å². The molecule has 1 amide bonds. The van der Waals surface area contributed by atoms with Gasteiger partial charge in [-0.1, -0.05) is 42.8 Å². The molecule has 35 heavy (non-hydrogen) atoms. The Balaban J connectivity index is 1.59. The highest BCUT2D eigenvalue weighted by Crippen LogP contribution is 2.34. The van der Waals surface area contributed by atoms with E-state index in [0.29, 0.717) is 28.9 Å². The van der Waals surface area contributed by atoms with E-state index in [-0.39, 0.29) is 0 Å². The van der Waals surface area contributed by atoms with Crippen LogP contribution in [-0.4, -0.2) is 38.0 Å². The number of fused-ring (bicyclic) bond motifs is 2. The number of nitrogens with one attached hydrogen (secondary N) is 2. The number of amides is 1. The van der Waals surface area contributed by atoms with Gasteiger partial charge in [-0.2, -0.15) is 0 Å². The number of rotatable bonds is 6. The Labute approximate surface area is 203 Å². The Morgan fingerprint density at radius 1 is 1.11 bits per heavy atom. The molecule has 8 nitrogen and oxygen atoms in total. The molecule has 0 atom stereocenters. The third kappa shape index (κ3) is 4.52. The predicted molar refractivity (Wildman–Crippen MR) is 137 cm³/mol. The summed E-state index contributed by atoms with van der Waals surface area (Å²) in [5.41, 5.74) is 12.0. The summed E-state index contributed by atoms with van der Waals surface area (Å²) >= 11 is 0. The van der Waals surface area contributed by atoms with Crippen LogP contribution in [0.15, 0.2) is 42.5 Å². The zero-order chi connectivity index (χ0) is 24.5. The highest BCUT2D eigenvalue weighted by atomic mass is 16.4. The number of nitrogens with zero attached hydrogens (tertiary/aromatic N) is 2. The van der Waals surface area contributed by atoms with E-state index >= 15 is 0 Å².